The van der Waals surface area contributed by atoms with Gasteiger partial charge >= 0.3 is 57.4 Å². The van der Waals surface area contributed by atoms with Crippen LogP contribution in [0.15, 0.2) is 6.20 Å². The van der Waals surface area contributed by atoms with Crippen LogP contribution in [0, 0.1) is 0 Å². The van der Waals surface area contributed by atoms with Crippen LogP contribution in [0.2, 0.25) is 0 Å². The summed E-state index contributed by atoms with van der Waals surface area (Å²) in [6, 6.07) is 0. The predicted octanol–water partition coefficient (Wildman–Crippen LogP) is -0.121. The van der Waals surface area contributed by atoms with E-state index in [-0.39, 0.29) is 51.4 Å². The normalized spacial score (nSPS) is 13.7. The number of hydrogen-bond donors (Lipinski definition) is 1. The van der Waals surface area contributed by atoms with Gasteiger partial charge in [-0.1, -0.05) is 0 Å². The molecular formula is C7H9KN2O2. The summed E-state index contributed by atoms with van der Waals surface area (Å²) < 4.78 is 1.77. The second kappa shape index (κ2) is 4.02. The van der Waals surface area contributed by atoms with E-state index in [1.54, 1.807) is 4.68 Å². The Morgan fingerprint density at radius 3 is 3.08 bits per heavy atom. The van der Waals surface area contributed by atoms with Gasteiger partial charge in [0.25, 0.3) is 0 Å². The van der Waals surface area contributed by atoms with E-state index in [9.17, 15) is 4.79 Å². The van der Waals surface area contributed by atoms with Crippen LogP contribution in [0.1, 0.15) is 22.5 Å². The van der Waals surface area contributed by atoms with Crippen molar-refractivity contribution in [1.82, 2.24) is 9.78 Å². The Morgan fingerprint density at radius 2 is 2.42 bits per heavy atom. The number of carboxylic acids is 1. The topological polar surface area (TPSA) is 55.1 Å². The molecule has 1 N–H and O–H groups in total. The minimum atomic E-state index is -0.867. The average Bonchev–Trinajstić information content (AvgIpc) is 2.41. The van der Waals surface area contributed by atoms with Gasteiger partial charge in [0.05, 0.1) is 11.9 Å². The Morgan fingerprint density at radius 1 is 1.67 bits per heavy atom. The van der Waals surface area contributed by atoms with Crippen LogP contribution in [0.5, 0.6) is 0 Å². The second-order valence-corrected chi connectivity index (χ2v) is 2.64. The van der Waals surface area contributed by atoms with Gasteiger partial charge in [-0.15, -0.1) is 0 Å². The molecule has 0 spiro atoms. The summed E-state index contributed by atoms with van der Waals surface area (Å²) in [6.45, 7) is 0.864. The van der Waals surface area contributed by atoms with Crippen molar-refractivity contribution in [2.75, 3.05) is 0 Å². The third-order valence-corrected chi connectivity index (χ3v) is 1.96. The van der Waals surface area contributed by atoms with E-state index in [4.69, 9.17) is 5.11 Å². The number of carbonyl (C=O) groups is 1. The van der Waals surface area contributed by atoms with Gasteiger partial charge in [-0.25, -0.2) is 4.79 Å². The number of rotatable bonds is 1. The van der Waals surface area contributed by atoms with E-state index < -0.39 is 5.97 Å². The number of aryl methyl sites for hydroxylation is 1. The third-order valence-electron chi connectivity index (χ3n) is 1.96. The van der Waals surface area contributed by atoms with E-state index in [2.05, 4.69) is 5.10 Å². The molecule has 0 radical (unpaired) electrons. The first-order valence-electron chi connectivity index (χ1n) is 3.57. The number of aromatic carboxylic acids is 1. The summed E-state index contributed by atoms with van der Waals surface area (Å²) in [6.07, 6.45) is 3.29. The van der Waals surface area contributed by atoms with Gasteiger partial charge in [-0.2, -0.15) is 5.10 Å². The van der Waals surface area contributed by atoms with Crippen molar-refractivity contribution in [1.29, 1.82) is 0 Å². The summed E-state index contributed by atoms with van der Waals surface area (Å²) in [4.78, 5) is 10.6. The molecule has 1 aliphatic rings. The molecule has 4 nitrogen and oxygen atoms in total. The SMILES string of the molecule is O=C(O)c1cnn2c1CCC2.[KH]. The van der Waals surface area contributed by atoms with E-state index in [1.165, 1.54) is 6.20 Å². The van der Waals surface area contributed by atoms with Crippen molar-refractivity contribution in [2.24, 2.45) is 0 Å². The van der Waals surface area contributed by atoms with Gasteiger partial charge in [0.1, 0.15) is 5.56 Å². The van der Waals surface area contributed by atoms with E-state index in [0.717, 1.165) is 25.1 Å². The Balaban J connectivity index is 0.000000720. The van der Waals surface area contributed by atoms with Crippen LogP contribution in [0.4, 0.5) is 0 Å². The number of carboxylic acid groups (broad SMARTS) is 1. The third kappa shape index (κ3) is 1.65. The minimum absolute atomic E-state index is 0. The average molecular weight is 192 g/mol. The molecule has 0 saturated heterocycles. The standard InChI is InChI=1S/C7H8N2O2.K.H/c10-7(11)5-4-8-9-3-1-2-6(5)9;;/h4H,1-3H2,(H,10,11);;. The monoisotopic (exact) mass is 192 g/mol. The molecule has 0 saturated carbocycles. The Hall–Kier alpha value is 0.316. The van der Waals surface area contributed by atoms with Crippen LogP contribution in [-0.4, -0.2) is 72.2 Å². The van der Waals surface area contributed by atoms with Crippen molar-refractivity contribution in [3.05, 3.63) is 17.5 Å². The van der Waals surface area contributed by atoms with Crippen LogP contribution in [0.3, 0.4) is 0 Å². The number of fused-ring (bicyclic) bond motifs is 1. The zero-order chi connectivity index (χ0) is 7.84. The molecule has 0 bridgehead atoms. The van der Waals surface area contributed by atoms with Gasteiger partial charge in [-0.05, 0) is 12.8 Å². The van der Waals surface area contributed by atoms with E-state index in [1.807, 2.05) is 0 Å². The van der Waals surface area contributed by atoms with Crippen LogP contribution in [0.25, 0.3) is 0 Å². The van der Waals surface area contributed by atoms with Crippen molar-refractivity contribution in [3.63, 3.8) is 0 Å². The fourth-order valence-electron chi connectivity index (χ4n) is 1.44. The van der Waals surface area contributed by atoms with Crippen LogP contribution >= 0.6 is 0 Å². The predicted molar refractivity (Wildman–Crippen MR) is 44.7 cm³/mol. The molecule has 60 valence electrons. The van der Waals surface area contributed by atoms with Gasteiger partial charge in [0, 0.05) is 6.54 Å². The molecule has 1 aliphatic heterocycles. The molecule has 0 aliphatic carbocycles. The van der Waals surface area contributed by atoms with Crippen molar-refractivity contribution in [3.8, 4) is 0 Å². The first kappa shape index (κ1) is 10.4. The molecule has 0 aromatic carbocycles. The zero-order valence-corrected chi connectivity index (χ0v) is 5.95. The van der Waals surface area contributed by atoms with Crippen molar-refractivity contribution >= 4 is 57.4 Å². The Labute approximate surface area is 112 Å². The molecule has 12 heavy (non-hydrogen) atoms. The summed E-state index contributed by atoms with van der Waals surface area (Å²) in [5, 5.41) is 12.6. The summed E-state index contributed by atoms with van der Waals surface area (Å²) in [5.41, 5.74) is 1.24. The first-order valence-corrected chi connectivity index (χ1v) is 3.57. The zero-order valence-electron chi connectivity index (χ0n) is 5.95. The van der Waals surface area contributed by atoms with Crippen LogP contribution in [-0.2, 0) is 13.0 Å². The van der Waals surface area contributed by atoms with Gasteiger partial charge in [0.2, 0.25) is 0 Å². The molecule has 0 unspecified atom stereocenters. The fourth-order valence-corrected chi connectivity index (χ4v) is 1.44. The quantitative estimate of drug-likeness (QED) is 0.631. The summed E-state index contributed by atoms with van der Waals surface area (Å²) in [5.74, 6) is -0.867. The van der Waals surface area contributed by atoms with E-state index in [0.29, 0.717) is 5.56 Å². The summed E-state index contributed by atoms with van der Waals surface area (Å²) in [7, 11) is 0. The number of hydrogen-bond acceptors (Lipinski definition) is 2. The fraction of sp³-hybridized carbons (Fsp3) is 0.429. The Bertz CT molecular complexity index is 308. The molecule has 2 rings (SSSR count). The molecule has 1 aromatic heterocycles. The molecule has 2 heterocycles. The van der Waals surface area contributed by atoms with Gasteiger partial charge < -0.3 is 5.11 Å². The van der Waals surface area contributed by atoms with Gasteiger partial charge in [-0.3, -0.25) is 4.68 Å². The van der Waals surface area contributed by atoms with E-state index >= 15 is 0 Å². The molecule has 0 atom stereocenters. The van der Waals surface area contributed by atoms with Crippen LogP contribution < -0.4 is 0 Å². The van der Waals surface area contributed by atoms with Crippen molar-refractivity contribution < 1.29 is 9.90 Å². The number of nitrogens with zero attached hydrogens (tertiary/aromatic N) is 2. The second-order valence-electron chi connectivity index (χ2n) is 2.64. The molecule has 5 heteroatoms. The maximum atomic E-state index is 10.6. The molecule has 0 amide bonds. The van der Waals surface area contributed by atoms with Crippen molar-refractivity contribution in [2.45, 2.75) is 19.4 Å². The maximum absolute atomic E-state index is 10.6. The van der Waals surface area contributed by atoms with Gasteiger partial charge in [0.15, 0.2) is 0 Å². The first-order chi connectivity index (χ1) is 5.29. The Kier molecular flexibility index (Phi) is 3.48. The molecule has 1 aromatic rings. The molecule has 0 fully saturated rings. The number of aromatic nitrogens is 2. The summed E-state index contributed by atoms with van der Waals surface area (Å²) >= 11 is 0. The molecular weight excluding hydrogens is 183 g/mol.